The van der Waals surface area contributed by atoms with Gasteiger partial charge in [0.1, 0.15) is 0 Å². The van der Waals surface area contributed by atoms with Crippen molar-refractivity contribution in [3.8, 4) is 0 Å². The second-order valence-electron chi connectivity index (χ2n) is 12.0. The smallest absolute Gasteiger partial charge is 0.327 e. The predicted octanol–water partition coefficient (Wildman–Crippen LogP) is 2.40. The Bertz CT molecular complexity index is 818. The van der Waals surface area contributed by atoms with E-state index in [1.807, 2.05) is 4.90 Å². The summed E-state index contributed by atoms with van der Waals surface area (Å²) in [6.07, 6.45) is 6.37. The molecule has 0 radical (unpaired) electrons. The molecule has 3 heterocycles. The number of nitrogens with zero attached hydrogens (tertiary/aromatic N) is 3. The molecule has 4 fully saturated rings. The van der Waals surface area contributed by atoms with Gasteiger partial charge in [0.05, 0.1) is 5.92 Å². The Morgan fingerprint density at radius 1 is 0.914 bits per heavy atom. The molecular weight excluding hydrogens is 448 g/mol. The number of imide groups is 1. The van der Waals surface area contributed by atoms with E-state index in [2.05, 4.69) is 26.1 Å². The number of β-lactam (4-membered cyclic amide) rings is 1. The molecule has 1 saturated carbocycles. The molecule has 2 atom stereocenters. The van der Waals surface area contributed by atoms with Gasteiger partial charge in [-0.25, -0.2) is 14.5 Å². The fourth-order valence-electron chi connectivity index (χ4n) is 6.49. The molecule has 196 valence electrons. The average Bonchev–Trinajstić information content (AvgIpc) is 2.85. The molecule has 0 aromatic rings. The molecule has 9 heteroatoms. The normalized spacial score (nSPS) is 30.7. The third-order valence-corrected chi connectivity index (χ3v) is 8.88. The lowest BCUT2D eigenvalue weighted by molar-refractivity contribution is -0.167. The Morgan fingerprint density at radius 2 is 1.49 bits per heavy atom. The minimum atomic E-state index is -1.11. The lowest BCUT2D eigenvalue weighted by Gasteiger charge is -2.47. The van der Waals surface area contributed by atoms with E-state index in [1.54, 1.807) is 0 Å². The van der Waals surface area contributed by atoms with Gasteiger partial charge >= 0.3 is 12.0 Å². The Labute approximate surface area is 208 Å². The molecule has 0 aromatic heterocycles. The van der Waals surface area contributed by atoms with Gasteiger partial charge in [-0.3, -0.25) is 9.59 Å². The van der Waals surface area contributed by atoms with Crippen LogP contribution in [-0.4, -0.2) is 88.9 Å². The van der Waals surface area contributed by atoms with Crippen molar-refractivity contribution in [2.24, 2.45) is 29.1 Å². The van der Waals surface area contributed by atoms with Crippen molar-refractivity contribution in [2.75, 3.05) is 39.3 Å². The number of urea groups is 1. The zero-order valence-corrected chi connectivity index (χ0v) is 21.5. The summed E-state index contributed by atoms with van der Waals surface area (Å²) >= 11 is 0. The summed E-state index contributed by atoms with van der Waals surface area (Å²) in [6.45, 7) is 10.1. The highest BCUT2D eigenvalue weighted by Crippen LogP contribution is 2.40. The molecular formula is C26H42N4O5. The van der Waals surface area contributed by atoms with Crippen molar-refractivity contribution in [3.63, 3.8) is 0 Å². The van der Waals surface area contributed by atoms with Crippen LogP contribution in [0.15, 0.2) is 0 Å². The number of carbonyl (C=O) groups is 4. The molecule has 4 rings (SSSR count). The maximum absolute atomic E-state index is 13.1. The van der Waals surface area contributed by atoms with Gasteiger partial charge in [-0.2, -0.15) is 0 Å². The maximum atomic E-state index is 13.1. The summed E-state index contributed by atoms with van der Waals surface area (Å²) < 4.78 is 0. The third-order valence-electron chi connectivity index (χ3n) is 8.88. The first-order valence-electron chi connectivity index (χ1n) is 13.4. The number of piperidine rings is 1. The van der Waals surface area contributed by atoms with Gasteiger partial charge in [-0.15, -0.1) is 0 Å². The highest BCUT2D eigenvalue weighted by molar-refractivity contribution is 6.07. The second-order valence-corrected chi connectivity index (χ2v) is 12.0. The van der Waals surface area contributed by atoms with E-state index < -0.39 is 24.0 Å². The van der Waals surface area contributed by atoms with Gasteiger partial charge in [0.25, 0.3) is 0 Å². The van der Waals surface area contributed by atoms with E-state index in [1.165, 1.54) is 4.90 Å². The third kappa shape index (κ3) is 5.49. The summed E-state index contributed by atoms with van der Waals surface area (Å²) in [4.78, 5) is 55.3. The number of amides is 4. The Morgan fingerprint density at radius 3 is 2.03 bits per heavy atom. The Balaban J connectivity index is 1.28. The van der Waals surface area contributed by atoms with Crippen molar-refractivity contribution in [2.45, 2.75) is 71.8 Å². The number of rotatable bonds is 4. The van der Waals surface area contributed by atoms with Crippen LogP contribution in [-0.2, 0) is 14.4 Å². The van der Waals surface area contributed by atoms with Gasteiger partial charge in [-0.05, 0) is 75.3 Å². The van der Waals surface area contributed by atoms with E-state index in [-0.39, 0.29) is 23.1 Å². The first kappa shape index (κ1) is 25.9. The number of hydrogen-bond donors (Lipinski definition) is 2. The Kier molecular flexibility index (Phi) is 7.74. The quantitative estimate of drug-likeness (QED) is 0.586. The number of carboxylic acids is 1. The van der Waals surface area contributed by atoms with Crippen LogP contribution in [0.5, 0.6) is 0 Å². The number of aliphatic carboxylic acids is 1. The number of carbonyl (C=O) groups excluding carboxylic acids is 3. The van der Waals surface area contributed by atoms with Crippen LogP contribution in [0.2, 0.25) is 0 Å². The zero-order chi connectivity index (χ0) is 25.3. The Hall–Kier alpha value is -2.16. The van der Waals surface area contributed by atoms with Gasteiger partial charge in [0, 0.05) is 32.1 Å². The number of carboxylic acid groups (broad SMARTS) is 1. The predicted molar refractivity (Wildman–Crippen MR) is 130 cm³/mol. The summed E-state index contributed by atoms with van der Waals surface area (Å²) in [7, 11) is 0. The number of piperazine rings is 1. The van der Waals surface area contributed by atoms with E-state index in [0.29, 0.717) is 44.4 Å². The fraction of sp³-hybridized carbons (Fsp3) is 0.846. The minimum Gasteiger partial charge on any atom is -0.480 e. The van der Waals surface area contributed by atoms with Gasteiger partial charge in [0.2, 0.25) is 11.8 Å². The highest BCUT2D eigenvalue weighted by Gasteiger charge is 2.56. The standard InChI is InChI=1S/C26H42N4O5/c1-26(2,3)19-6-4-18(5-7-19)22(31)28-12-14-29(15-13-28)25(35)30-21(24(33)34)20(23(30)32)16-17-8-10-27-11-9-17/h17-21,27H,4-16H2,1-3H3,(H,33,34)/t18?,19?,20-,21+/m1/s1. The second kappa shape index (κ2) is 10.4. The highest BCUT2D eigenvalue weighted by atomic mass is 16.4. The van der Waals surface area contributed by atoms with Crippen molar-refractivity contribution in [3.05, 3.63) is 0 Å². The van der Waals surface area contributed by atoms with Crippen molar-refractivity contribution >= 4 is 23.8 Å². The topological polar surface area (TPSA) is 110 Å². The molecule has 3 saturated heterocycles. The van der Waals surface area contributed by atoms with Crippen LogP contribution in [0.4, 0.5) is 4.79 Å². The van der Waals surface area contributed by atoms with E-state index in [4.69, 9.17) is 0 Å². The van der Waals surface area contributed by atoms with Crippen LogP contribution in [0, 0.1) is 29.1 Å². The molecule has 0 aromatic carbocycles. The molecule has 35 heavy (non-hydrogen) atoms. The SMILES string of the molecule is CC(C)(C)C1CCC(C(=O)N2CCN(C(=O)N3C(=O)[C@H](CC4CCNCC4)[C@H]3C(=O)O)CC2)CC1. The summed E-state index contributed by atoms with van der Waals surface area (Å²) in [6, 6.07) is -1.61. The molecule has 1 aliphatic carbocycles. The van der Waals surface area contributed by atoms with Gasteiger partial charge in [-0.1, -0.05) is 20.8 Å². The number of nitrogens with one attached hydrogen (secondary N) is 1. The van der Waals surface area contributed by atoms with Gasteiger partial charge < -0.3 is 20.2 Å². The largest absolute Gasteiger partial charge is 0.480 e. The number of hydrogen-bond acceptors (Lipinski definition) is 5. The van der Waals surface area contributed by atoms with Crippen molar-refractivity contribution in [1.29, 1.82) is 0 Å². The summed E-state index contributed by atoms with van der Waals surface area (Å²) in [5.74, 6) is -0.902. The van der Waals surface area contributed by atoms with E-state index in [0.717, 1.165) is 56.5 Å². The molecule has 9 nitrogen and oxygen atoms in total. The van der Waals surface area contributed by atoms with Crippen molar-refractivity contribution in [1.82, 2.24) is 20.0 Å². The van der Waals surface area contributed by atoms with E-state index in [9.17, 15) is 24.3 Å². The molecule has 2 N–H and O–H groups in total. The van der Waals surface area contributed by atoms with E-state index >= 15 is 0 Å². The molecule has 4 amide bonds. The van der Waals surface area contributed by atoms with Crippen LogP contribution in [0.3, 0.4) is 0 Å². The monoisotopic (exact) mass is 490 g/mol. The lowest BCUT2D eigenvalue weighted by Crippen LogP contribution is -2.69. The average molecular weight is 491 g/mol. The van der Waals surface area contributed by atoms with Crippen LogP contribution >= 0.6 is 0 Å². The molecule has 3 aliphatic heterocycles. The number of likely N-dealkylation sites (tertiary alicyclic amines) is 1. The van der Waals surface area contributed by atoms with Crippen LogP contribution in [0.25, 0.3) is 0 Å². The molecule has 0 spiro atoms. The fourth-order valence-corrected chi connectivity index (χ4v) is 6.49. The maximum Gasteiger partial charge on any atom is 0.327 e. The lowest BCUT2D eigenvalue weighted by atomic mass is 9.69. The minimum absolute atomic E-state index is 0.0555. The van der Waals surface area contributed by atoms with Gasteiger partial charge in [0.15, 0.2) is 6.04 Å². The van der Waals surface area contributed by atoms with Crippen LogP contribution < -0.4 is 5.32 Å². The first-order chi connectivity index (χ1) is 16.6. The molecule has 4 aliphatic rings. The molecule has 0 unspecified atom stereocenters. The molecule has 0 bridgehead atoms. The van der Waals surface area contributed by atoms with Crippen molar-refractivity contribution < 1.29 is 24.3 Å². The summed E-state index contributed by atoms with van der Waals surface area (Å²) in [5.41, 5.74) is 0.273. The van der Waals surface area contributed by atoms with Crippen LogP contribution in [0.1, 0.15) is 65.7 Å². The first-order valence-corrected chi connectivity index (χ1v) is 13.4. The zero-order valence-electron chi connectivity index (χ0n) is 21.5. The summed E-state index contributed by atoms with van der Waals surface area (Å²) in [5, 5.41) is 13.0.